The van der Waals surface area contributed by atoms with Crippen molar-refractivity contribution >= 4 is 24.4 Å². The number of amides is 1. The van der Waals surface area contributed by atoms with Crippen molar-refractivity contribution in [2.75, 3.05) is 18.8 Å². The van der Waals surface area contributed by atoms with Gasteiger partial charge in [0.2, 0.25) is 0 Å². The molecule has 1 aromatic rings. The molecular weight excluding hydrogens is 208 g/mol. The van der Waals surface area contributed by atoms with Crippen molar-refractivity contribution < 1.29 is 4.79 Å². The van der Waals surface area contributed by atoms with Crippen molar-refractivity contribution in [1.29, 1.82) is 0 Å². The maximum absolute atomic E-state index is 12.0. The molecule has 0 saturated carbocycles. The third-order valence-electron chi connectivity index (χ3n) is 2.34. The average molecular weight is 220 g/mol. The summed E-state index contributed by atoms with van der Waals surface area (Å²) in [6.45, 7) is 1.36. The lowest BCUT2D eigenvalue weighted by Gasteiger charge is -2.16. The molecule has 1 aliphatic rings. The van der Waals surface area contributed by atoms with Gasteiger partial charge in [-0.2, -0.15) is 12.6 Å². The molecule has 78 valence electrons. The number of hydrogen-bond donors (Lipinski definition) is 1. The molecule has 1 heterocycles. The molecule has 0 spiro atoms. The second-order valence-corrected chi connectivity index (χ2v) is 3.60. The van der Waals surface area contributed by atoms with Gasteiger partial charge in [0.05, 0.1) is 6.54 Å². The largest absolute Gasteiger partial charge is 0.294 e. The minimum Gasteiger partial charge on any atom is -0.294 e. The number of thiol groups is 1. The average Bonchev–Trinajstić information content (AvgIpc) is 2.77. The molecule has 1 aromatic carbocycles. The molecular formula is C11H12N2OS. The molecule has 0 fully saturated rings. The highest BCUT2D eigenvalue weighted by atomic mass is 32.1. The summed E-state index contributed by atoms with van der Waals surface area (Å²) in [6, 6.07) is 9.25. The molecule has 1 aliphatic heterocycles. The number of amidine groups is 1. The zero-order chi connectivity index (χ0) is 10.7. The fourth-order valence-electron chi connectivity index (χ4n) is 1.58. The highest BCUT2D eigenvalue weighted by Gasteiger charge is 2.22. The van der Waals surface area contributed by atoms with Crippen molar-refractivity contribution in [3.05, 3.63) is 35.9 Å². The van der Waals surface area contributed by atoms with Gasteiger partial charge in [-0.15, -0.1) is 0 Å². The Morgan fingerprint density at radius 3 is 2.80 bits per heavy atom. The quantitative estimate of drug-likeness (QED) is 0.752. The van der Waals surface area contributed by atoms with Crippen LogP contribution in [0.4, 0.5) is 0 Å². The topological polar surface area (TPSA) is 32.7 Å². The molecule has 0 aliphatic carbocycles. The molecule has 2 rings (SSSR count). The Morgan fingerprint density at radius 1 is 1.40 bits per heavy atom. The van der Waals surface area contributed by atoms with Crippen LogP contribution in [0.1, 0.15) is 10.4 Å². The summed E-state index contributed by atoms with van der Waals surface area (Å²) >= 11 is 4.16. The highest BCUT2D eigenvalue weighted by Crippen LogP contribution is 2.10. The van der Waals surface area contributed by atoms with Gasteiger partial charge in [-0.05, 0) is 12.1 Å². The number of benzene rings is 1. The van der Waals surface area contributed by atoms with Crippen molar-refractivity contribution in [3.63, 3.8) is 0 Å². The first-order chi connectivity index (χ1) is 7.33. The van der Waals surface area contributed by atoms with Crippen LogP contribution in [0, 0.1) is 0 Å². The molecule has 3 nitrogen and oxygen atoms in total. The van der Waals surface area contributed by atoms with Gasteiger partial charge >= 0.3 is 0 Å². The molecule has 4 heteroatoms. The lowest BCUT2D eigenvalue weighted by atomic mass is 10.2. The number of carbonyl (C=O) groups excluding carboxylic acids is 1. The van der Waals surface area contributed by atoms with Crippen LogP contribution in [0.2, 0.25) is 0 Å². The van der Waals surface area contributed by atoms with E-state index in [9.17, 15) is 4.79 Å². The molecule has 0 unspecified atom stereocenters. The molecule has 15 heavy (non-hydrogen) atoms. The van der Waals surface area contributed by atoms with E-state index in [1.54, 1.807) is 4.90 Å². The summed E-state index contributed by atoms with van der Waals surface area (Å²) in [5, 5.41) is 0. The number of hydrogen-bond acceptors (Lipinski definition) is 3. The van der Waals surface area contributed by atoms with Crippen LogP contribution in [0.3, 0.4) is 0 Å². The second-order valence-electron chi connectivity index (χ2n) is 3.28. The second kappa shape index (κ2) is 4.49. The first-order valence-electron chi connectivity index (χ1n) is 4.84. The summed E-state index contributed by atoms with van der Waals surface area (Å²) in [6.07, 6.45) is 0. The first-order valence-corrected chi connectivity index (χ1v) is 5.47. The van der Waals surface area contributed by atoms with Crippen LogP contribution >= 0.6 is 12.6 Å². The molecule has 0 aromatic heterocycles. The molecule has 0 N–H and O–H groups in total. The van der Waals surface area contributed by atoms with E-state index in [1.165, 1.54) is 0 Å². The molecule has 0 atom stereocenters. The van der Waals surface area contributed by atoms with Gasteiger partial charge in [-0.1, -0.05) is 18.2 Å². The van der Waals surface area contributed by atoms with E-state index >= 15 is 0 Å². The SMILES string of the molecule is O=C(c1ccccc1)N1CCN=C1CS. The molecule has 0 saturated heterocycles. The van der Waals surface area contributed by atoms with Gasteiger partial charge < -0.3 is 0 Å². The monoisotopic (exact) mass is 220 g/mol. The van der Waals surface area contributed by atoms with E-state index in [1.807, 2.05) is 30.3 Å². The van der Waals surface area contributed by atoms with Crippen molar-refractivity contribution in [1.82, 2.24) is 4.90 Å². The van der Waals surface area contributed by atoms with E-state index in [2.05, 4.69) is 17.6 Å². The number of nitrogens with zero attached hydrogens (tertiary/aromatic N) is 2. The van der Waals surface area contributed by atoms with Crippen LogP contribution in [-0.2, 0) is 0 Å². The summed E-state index contributed by atoms with van der Waals surface area (Å²) < 4.78 is 0. The minimum atomic E-state index is 0.0147. The third kappa shape index (κ3) is 2.04. The van der Waals surface area contributed by atoms with Crippen LogP contribution in [-0.4, -0.2) is 35.5 Å². The van der Waals surface area contributed by atoms with Gasteiger partial charge in [0.25, 0.3) is 5.91 Å². The van der Waals surface area contributed by atoms with E-state index in [0.717, 1.165) is 5.84 Å². The Hall–Kier alpha value is -1.29. The van der Waals surface area contributed by atoms with Gasteiger partial charge in [0.15, 0.2) is 0 Å². The molecule has 1 amide bonds. The fraction of sp³-hybridized carbons (Fsp3) is 0.273. The summed E-state index contributed by atoms with van der Waals surface area (Å²) in [4.78, 5) is 18.0. The van der Waals surface area contributed by atoms with Crippen molar-refractivity contribution in [2.45, 2.75) is 0 Å². The highest BCUT2D eigenvalue weighted by molar-refractivity contribution is 7.81. The lowest BCUT2D eigenvalue weighted by molar-refractivity contribution is 0.0857. The summed E-state index contributed by atoms with van der Waals surface area (Å²) in [5.74, 6) is 1.30. The Kier molecular flexibility index (Phi) is 3.06. The van der Waals surface area contributed by atoms with Gasteiger partial charge in [-0.25, -0.2) is 0 Å². The van der Waals surface area contributed by atoms with Gasteiger partial charge in [0, 0.05) is 17.9 Å². The van der Waals surface area contributed by atoms with Crippen LogP contribution in [0.15, 0.2) is 35.3 Å². The molecule has 0 bridgehead atoms. The van der Waals surface area contributed by atoms with Crippen LogP contribution in [0.25, 0.3) is 0 Å². The minimum absolute atomic E-state index is 0.0147. The summed E-state index contributed by atoms with van der Waals surface area (Å²) in [5.41, 5.74) is 0.703. The third-order valence-corrected chi connectivity index (χ3v) is 2.62. The Morgan fingerprint density at radius 2 is 2.13 bits per heavy atom. The predicted molar refractivity (Wildman–Crippen MR) is 63.6 cm³/mol. The fourth-order valence-corrected chi connectivity index (χ4v) is 1.85. The number of rotatable bonds is 2. The summed E-state index contributed by atoms with van der Waals surface area (Å²) in [7, 11) is 0. The first kappa shape index (κ1) is 10.2. The maximum Gasteiger partial charge on any atom is 0.259 e. The Balaban J connectivity index is 2.19. The zero-order valence-electron chi connectivity index (χ0n) is 8.26. The number of aliphatic imine (C=N–C) groups is 1. The Bertz CT molecular complexity index is 389. The standard InChI is InChI=1S/C11H12N2OS/c14-11(9-4-2-1-3-5-9)13-7-6-12-10(13)8-15/h1-5,15H,6-8H2. The maximum atomic E-state index is 12.0. The smallest absolute Gasteiger partial charge is 0.259 e. The van der Waals surface area contributed by atoms with E-state index in [4.69, 9.17) is 0 Å². The molecule has 0 radical (unpaired) electrons. The normalized spacial score (nSPS) is 15.3. The van der Waals surface area contributed by atoms with E-state index in [0.29, 0.717) is 24.4 Å². The zero-order valence-corrected chi connectivity index (χ0v) is 9.15. The van der Waals surface area contributed by atoms with E-state index in [-0.39, 0.29) is 5.91 Å². The van der Waals surface area contributed by atoms with Gasteiger partial charge in [-0.3, -0.25) is 14.7 Å². The van der Waals surface area contributed by atoms with Crippen LogP contribution < -0.4 is 0 Å². The van der Waals surface area contributed by atoms with Crippen LogP contribution in [0.5, 0.6) is 0 Å². The lowest BCUT2D eigenvalue weighted by Crippen LogP contribution is -2.35. The van der Waals surface area contributed by atoms with Crippen molar-refractivity contribution in [2.24, 2.45) is 4.99 Å². The Labute approximate surface area is 94.2 Å². The van der Waals surface area contributed by atoms with Crippen molar-refractivity contribution in [3.8, 4) is 0 Å². The van der Waals surface area contributed by atoms with Gasteiger partial charge in [0.1, 0.15) is 5.84 Å². The van der Waals surface area contributed by atoms with E-state index < -0.39 is 0 Å². The number of carbonyl (C=O) groups is 1. The predicted octanol–water partition coefficient (Wildman–Crippen LogP) is 1.47.